The zero-order valence-corrected chi connectivity index (χ0v) is 10.6. The van der Waals surface area contributed by atoms with Gasteiger partial charge in [-0.25, -0.2) is 4.98 Å². The van der Waals surface area contributed by atoms with E-state index >= 15 is 0 Å². The van der Waals surface area contributed by atoms with Crippen LogP contribution in [0, 0.1) is 12.8 Å². The monoisotopic (exact) mass is 224 g/mol. The summed E-state index contributed by atoms with van der Waals surface area (Å²) in [6.45, 7) is 4.48. The topological polar surface area (TPSA) is 24.9 Å². The highest BCUT2D eigenvalue weighted by Gasteiger charge is 2.29. The van der Waals surface area contributed by atoms with Crippen LogP contribution in [0.15, 0.2) is 6.20 Å². The molecule has 0 amide bonds. The minimum atomic E-state index is 0.702. The fraction of sp³-hybridized carbons (Fsp3) is 0.750. The van der Waals surface area contributed by atoms with Crippen LogP contribution in [0.5, 0.6) is 0 Å². The van der Waals surface area contributed by atoms with E-state index in [1.165, 1.54) is 29.1 Å². The van der Waals surface area contributed by atoms with Crippen LogP contribution >= 0.6 is 11.3 Å². The summed E-state index contributed by atoms with van der Waals surface area (Å²) in [7, 11) is 2.08. The van der Waals surface area contributed by atoms with E-state index in [1.807, 2.05) is 11.3 Å². The third kappa shape index (κ3) is 2.40. The Balaban J connectivity index is 2.12. The largest absolute Gasteiger partial charge is 0.317 e. The molecule has 84 valence electrons. The molecule has 3 atom stereocenters. The second-order valence-electron chi connectivity index (χ2n) is 4.66. The maximum absolute atomic E-state index is 4.38. The highest BCUT2D eigenvalue weighted by Crippen LogP contribution is 2.39. The molecule has 1 aliphatic carbocycles. The first-order chi connectivity index (χ1) is 7.20. The Morgan fingerprint density at radius 3 is 2.87 bits per heavy atom. The Bertz CT molecular complexity index is 321. The molecule has 1 aliphatic rings. The Kier molecular flexibility index (Phi) is 3.42. The molecule has 1 fully saturated rings. The fourth-order valence-electron chi connectivity index (χ4n) is 2.53. The van der Waals surface area contributed by atoms with Gasteiger partial charge in [-0.3, -0.25) is 0 Å². The summed E-state index contributed by atoms with van der Waals surface area (Å²) in [5.41, 5.74) is 0. The van der Waals surface area contributed by atoms with E-state index in [1.54, 1.807) is 0 Å². The number of nitrogens with one attached hydrogen (secondary N) is 1. The molecule has 0 saturated heterocycles. The van der Waals surface area contributed by atoms with Crippen molar-refractivity contribution in [3.05, 3.63) is 16.1 Å². The van der Waals surface area contributed by atoms with Gasteiger partial charge in [-0.1, -0.05) is 6.92 Å². The van der Waals surface area contributed by atoms with Crippen LogP contribution in [0.25, 0.3) is 0 Å². The molecule has 15 heavy (non-hydrogen) atoms. The number of hydrogen-bond donors (Lipinski definition) is 1. The summed E-state index contributed by atoms with van der Waals surface area (Å²) >= 11 is 1.87. The molecule has 2 rings (SSSR count). The SMILES string of the molecule is CNC1CCC(C)C(c2cnc(C)s2)C1. The summed E-state index contributed by atoms with van der Waals surface area (Å²) < 4.78 is 0. The van der Waals surface area contributed by atoms with E-state index in [9.17, 15) is 0 Å². The number of hydrogen-bond acceptors (Lipinski definition) is 3. The van der Waals surface area contributed by atoms with Gasteiger partial charge in [0.1, 0.15) is 0 Å². The average molecular weight is 224 g/mol. The summed E-state index contributed by atoms with van der Waals surface area (Å²) in [6, 6.07) is 0.702. The van der Waals surface area contributed by atoms with Crippen molar-refractivity contribution in [1.29, 1.82) is 0 Å². The average Bonchev–Trinajstić information content (AvgIpc) is 2.65. The summed E-state index contributed by atoms with van der Waals surface area (Å²) in [6.07, 6.45) is 6.03. The Labute approximate surface area is 96.1 Å². The fourth-order valence-corrected chi connectivity index (χ4v) is 3.56. The van der Waals surface area contributed by atoms with E-state index < -0.39 is 0 Å². The molecular formula is C12H20N2S. The maximum atomic E-state index is 4.38. The lowest BCUT2D eigenvalue weighted by atomic mass is 9.77. The quantitative estimate of drug-likeness (QED) is 0.835. The lowest BCUT2D eigenvalue weighted by Crippen LogP contribution is -2.33. The normalized spacial score (nSPS) is 31.8. The van der Waals surface area contributed by atoms with Crippen molar-refractivity contribution in [2.75, 3.05) is 7.05 Å². The number of thiazole rings is 1. The van der Waals surface area contributed by atoms with Gasteiger partial charge in [0.2, 0.25) is 0 Å². The van der Waals surface area contributed by atoms with E-state index in [4.69, 9.17) is 0 Å². The highest BCUT2D eigenvalue weighted by molar-refractivity contribution is 7.11. The molecule has 1 saturated carbocycles. The van der Waals surface area contributed by atoms with Gasteiger partial charge in [-0.05, 0) is 45.1 Å². The number of aryl methyl sites for hydroxylation is 1. The minimum Gasteiger partial charge on any atom is -0.317 e. The number of nitrogens with zero attached hydrogens (tertiary/aromatic N) is 1. The minimum absolute atomic E-state index is 0.702. The highest BCUT2D eigenvalue weighted by atomic mass is 32.1. The zero-order valence-electron chi connectivity index (χ0n) is 9.79. The third-order valence-corrected chi connectivity index (χ3v) is 4.65. The Morgan fingerprint density at radius 2 is 2.27 bits per heavy atom. The van der Waals surface area contributed by atoms with Gasteiger partial charge in [-0.15, -0.1) is 11.3 Å². The standard InChI is InChI=1S/C12H20N2S/c1-8-4-5-10(13-3)6-11(8)12-7-14-9(2)15-12/h7-8,10-11,13H,4-6H2,1-3H3. The van der Waals surface area contributed by atoms with Crippen LogP contribution < -0.4 is 5.32 Å². The van der Waals surface area contributed by atoms with Gasteiger partial charge in [0.05, 0.1) is 5.01 Å². The van der Waals surface area contributed by atoms with Crippen LogP contribution in [0.2, 0.25) is 0 Å². The first-order valence-corrected chi connectivity index (χ1v) is 6.62. The summed E-state index contributed by atoms with van der Waals surface area (Å²) in [4.78, 5) is 5.86. The zero-order chi connectivity index (χ0) is 10.8. The first kappa shape index (κ1) is 11.1. The van der Waals surface area contributed by atoms with Gasteiger partial charge < -0.3 is 5.32 Å². The van der Waals surface area contributed by atoms with Gasteiger partial charge in [-0.2, -0.15) is 0 Å². The molecule has 1 heterocycles. The molecule has 1 N–H and O–H groups in total. The van der Waals surface area contributed by atoms with Crippen LogP contribution in [0.4, 0.5) is 0 Å². The van der Waals surface area contributed by atoms with E-state index in [2.05, 4.69) is 37.4 Å². The number of aromatic nitrogens is 1. The van der Waals surface area contributed by atoms with E-state index in [-0.39, 0.29) is 0 Å². The van der Waals surface area contributed by atoms with Crippen molar-refractivity contribution in [3.63, 3.8) is 0 Å². The van der Waals surface area contributed by atoms with E-state index in [0.29, 0.717) is 6.04 Å². The molecule has 0 radical (unpaired) electrons. The number of rotatable bonds is 2. The van der Waals surface area contributed by atoms with Crippen molar-refractivity contribution in [3.8, 4) is 0 Å². The van der Waals surface area contributed by atoms with Crippen molar-refractivity contribution < 1.29 is 0 Å². The van der Waals surface area contributed by atoms with Gasteiger partial charge in [0, 0.05) is 17.1 Å². The molecule has 0 bridgehead atoms. The lowest BCUT2D eigenvalue weighted by Gasteiger charge is -2.33. The van der Waals surface area contributed by atoms with Crippen LogP contribution in [-0.4, -0.2) is 18.1 Å². The van der Waals surface area contributed by atoms with Crippen LogP contribution in [-0.2, 0) is 0 Å². The van der Waals surface area contributed by atoms with Gasteiger partial charge in [0.15, 0.2) is 0 Å². The predicted octanol–water partition coefficient (Wildman–Crippen LogP) is 2.94. The maximum Gasteiger partial charge on any atom is 0.0896 e. The predicted molar refractivity (Wildman–Crippen MR) is 65.5 cm³/mol. The van der Waals surface area contributed by atoms with Crippen LogP contribution in [0.3, 0.4) is 0 Å². The summed E-state index contributed by atoms with van der Waals surface area (Å²) in [5, 5.41) is 4.61. The molecule has 3 unspecified atom stereocenters. The van der Waals surface area contributed by atoms with Crippen molar-refractivity contribution in [2.24, 2.45) is 5.92 Å². The van der Waals surface area contributed by atoms with Crippen molar-refractivity contribution in [2.45, 2.75) is 45.1 Å². The first-order valence-electron chi connectivity index (χ1n) is 5.80. The van der Waals surface area contributed by atoms with Crippen molar-refractivity contribution in [1.82, 2.24) is 10.3 Å². The molecule has 0 aromatic carbocycles. The van der Waals surface area contributed by atoms with Crippen LogP contribution in [0.1, 0.15) is 42.0 Å². The molecule has 1 aromatic rings. The van der Waals surface area contributed by atoms with Gasteiger partial charge >= 0.3 is 0 Å². The molecular weight excluding hydrogens is 204 g/mol. The Hall–Kier alpha value is -0.410. The van der Waals surface area contributed by atoms with Crippen molar-refractivity contribution >= 4 is 11.3 Å². The summed E-state index contributed by atoms with van der Waals surface area (Å²) in [5.74, 6) is 1.54. The molecule has 2 nitrogen and oxygen atoms in total. The second kappa shape index (κ2) is 4.62. The Morgan fingerprint density at radius 1 is 1.47 bits per heavy atom. The van der Waals surface area contributed by atoms with Gasteiger partial charge in [0.25, 0.3) is 0 Å². The van der Waals surface area contributed by atoms with E-state index in [0.717, 1.165) is 11.8 Å². The molecule has 0 aliphatic heterocycles. The lowest BCUT2D eigenvalue weighted by molar-refractivity contribution is 0.279. The third-order valence-electron chi connectivity index (χ3n) is 3.61. The smallest absolute Gasteiger partial charge is 0.0896 e. The second-order valence-corrected chi connectivity index (χ2v) is 5.93. The molecule has 1 aromatic heterocycles. The molecule has 0 spiro atoms. The molecule has 3 heteroatoms.